The van der Waals surface area contributed by atoms with Crippen molar-refractivity contribution in [3.63, 3.8) is 0 Å². The number of rotatable bonds is 3. The third-order valence-electron chi connectivity index (χ3n) is 5.57. The molecular formula is C24H19NO4S. The van der Waals surface area contributed by atoms with Gasteiger partial charge in [0.1, 0.15) is 11.9 Å². The van der Waals surface area contributed by atoms with Gasteiger partial charge < -0.3 is 9.30 Å². The molecule has 0 N–H and O–H groups in total. The Kier molecular flexibility index (Phi) is 4.25. The van der Waals surface area contributed by atoms with E-state index in [-0.39, 0.29) is 16.2 Å². The monoisotopic (exact) mass is 417 g/mol. The molecule has 1 aliphatic heterocycles. The minimum atomic E-state index is -3.59. The molecule has 2 heterocycles. The summed E-state index contributed by atoms with van der Waals surface area (Å²) in [7, 11) is -1.85. The van der Waals surface area contributed by atoms with Crippen LogP contribution in [0.4, 0.5) is 0 Å². The lowest BCUT2D eigenvalue weighted by molar-refractivity contribution is 0.228. The Labute approximate surface area is 174 Å². The first-order chi connectivity index (χ1) is 14.5. The summed E-state index contributed by atoms with van der Waals surface area (Å²) in [4.78, 5) is 13.4. The number of para-hydroxylation sites is 1. The second kappa shape index (κ2) is 6.85. The van der Waals surface area contributed by atoms with Crippen LogP contribution >= 0.6 is 0 Å². The van der Waals surface area contributed by atoms with Crippen LogP contribution in [-0.4, -0.2) is 18.7 Å². The highest BCUT2D eigenvalue weighted by atomic mass is 32.2. The van der Waals surface area contributed by atoms with Crippen molar-refractivity contribution in [3.05, 3.63) is 94.8 Å². The highest BCUT2D eigenvalue weighted by Gasteiger charge is 2.33. The predicted octanol–water partition coefficient (Wildman–Crippen LogP) is 4.11. The minimum absolute atomic E-state index is 0.166. The van der Waals surface area contributed by atoms with Crippen LogP contribution in [-0.2, 0) is 16.9 Å². The molecule has 1 aliphatic rings. The summed E-state index contributed by atoms with van der Waals surface area (Å²) in [6.07, 6.45) is -0.714. The Morgan fingerprint density at radius 3 is 2.37 bits per heavy atom. The van der Waals surface area contributed by atoms with Crippen molar-refractivity contribution < 1.29 is 13.2 Å². The minimum Gasteiger partial charge on any atom is -0.483 e. The summed E-state index contributed by atoms with van der Waals surface area (Å²) < 4.78 is 34.0. The lowest BCUT2D eigenvalue weighted by atomic mass is 9.93. The molecule has 4 aromatic rings. The molecule has 5 nitrogen and oxygen atoms in total. The van der Waals surface area contributed by atoms with Crippen molar-refractivity contribution >= 4 is 20.7 Å². The van der Waals surface area contributed by atoms with Gasteiger partial charge >= 0.3 is 0 Å². The highest BCUT2D eigenvalue weighted by molar-refractivity contribution is 7.91. The van der Waals surface area contributed by atoms with Crippen LogP contribution in [0.25, 0.3) is 22.0 Å². The van der Waals surface area contributed by atoms with Crippen molar-refractivity contribution in [1.82, 2.24) is 4.57 Å². The summed E-state index contributed by atoms with van der Waals surface area (Å²) in [5.74, 6) is 0.234. The van der Waals surface area contributed by atoms with Gasteiger partial charge in [-0.1, -0.05) is 54.6 Å². The standard InChI is InChI=1S/C24H19NO4S/c1-25-20-14-8-7-13-19(20)23-22(24(25)26)18-12-6-5-11-17(18)21(29-23)15-30(27,28)16-9-3-2-4-10-16/h2-14,21H,15H2,1H3/t21-/m0/s1. The quantitative estimate of drug-likeness (QED) is 0.503. The number of pyridine rings is 1. The van der Waals surface area contributed by atoms with E-state index < -0.39 is 15.9 Å². The lowest BCUT2D eigenvalue weighted by Gasteiger charge is -2.29. The zero-order chi connectivity index (χ0) is 20.9. The van der Waals surface area contributed by atoms with Crippen molar-refractivity contribution in [3.8, 4) is 16.9 Å². The maximum Gasteiger partial charge on any atom is 0.262 e. The summed E-state index contributed by atoms with van der Waals surface area (Å²) in [5, 5.41) is 0.784. The number of aromatic nitrogens is 1. The van der Waals surface area contributed by atoms with E-state index in [2.05, 4.69) is 0 Å². The van der Waals surface area contributed by atoms with Crippen LogP contribution in [0.5, 0.6) is 5.75 Å². The van der Waals surface area contributed by atoms with E-state index in [1.807, 2.05) is 48.5 Å². The number of benzene rings is 3. The molecule has 0 fully saturated rings. The molecule has 0 unspecified atom stereocenters. The SMILES string of the molecule is Cn1c(=O)c2c(c3ccccc31)O[C@@H](CS(=O)(=O)c1ccccc1)c1ccccc1-2. The fourth-order valence-corrected chi connectivity index (χ4v) is 5.50. The molecule has 150 valence electrons. The molecule has 0 bridgehead atoms. The summed E-state index contributed by atoms with van der Waals surface area (Å²) in [6.45, 7) is 0. The Morgan fingerprint density at radius 1 is 0.900 bits per heavy atom. The summed E-state index contributed by atoms with van der Waals surface area (Å²) >= 11 is 0. The summed E-state index contributed by atoms with van der Waals surface area (Å²) in [6, 6.07) is 23.2. The zero-order valence-corrected chi connectivity index (χ0v) is 17.1. The zero-order valence-electron chi connectivity index (χ0n) is 16.3. The Balaban J connectivity index is 1.72. The molecule has 1 atom stereocenters. The molecule has 0 saturated heterocycles. The molecule has 0 amide bonds. The van der Waals surface area contributed by atoms with Gasteiger partial charge in [-0.05, 0) is 29.8 Å². The molecule has 5 rings (SSSR count). The average molecular weight is 417 g/mol. The lowest BCUT2D eigenvalue weighted by Crippen LogP contribution is -2.28. The smallest absolute Gasteiger partial charge is 0.262 e. The van der Waals surface area contributed by atoms with E-state index in [1.165, 1.54) is 0 Å². The second-order valence-corrected chi connectivity index (χ2v) is 9.41. The Morgan fingerprint density at radius 2 is 1.57 bits per heavy atom. The van der Waals surface area contributed by atoms with Gasteiger partial charge in [0.25, 0.3) is 5.56 Å². The molecule has 30 heavy (non-hydrogen) atoms. The fraction of sp³-hybridized carbons (Fsp3) is 0.125. The molecule has 0 spiro atoms. The second-order valence-electron chi connectivity index (χ2n) is 7.37. The third-order valence-corrected chi connectivity index (χ3v) is 7.30. The van der Waals surface area contributed by atoms with Crippen molar-refractivity contribution in [2.75, 3.05) is 5.75 Å². The highest BCUT2D eigenvalue weighted by Crippen LogP contribution is 2.44. The fourth-order valence-electron chi connectivity index (χ4n) is 4.09. The maximum atomic E-state index is 13.2. The normalized spacial score (nSPS) is 15.3. The van der Waals surface area contributed by atoms with Gasteiger partial charge in [0, 0.05) is 18.0 Å². The summed E-state index contributed by atoms with van der Waals surface area (Å²) in [5.41, 5.74) is 2.47. The van der Waals surface area contributed by atoms with Gasteiger partial charge in [-0.25, -0.2) is 8.42 Å². The predicted molar refractivity (Wildman–Crippen MR) is 116 cm³/mol. The number of ether oxygens (including phenoxy) is 1. The largest absolute Gasteiger partial charge is 0.483 e. The first-order valence-electron chi connectivity index (χ1n) is 9.63. The van der Waals surface area contributed by atoms with E-state index in [9.17, 15) is 13.2 Å². The van der Waals surface area contributed by atoms with Gasteiger partial charge in [-0.3, -0.25) is 4.79 Å². The molecule has 1 aromatic heterocycles. The van der Waals surface area contributed by atoms with Gasteiger partial charge in [0.05, 0.1) is 21.7 Å². The van der Waals surface area contributed by atoms with E-state index in [4.69, 9.17) is 4.74 Å². The van der Waals surface area contributed by atoms with Crippen LogP contribution in [0.3, 0.4) is 0 Å². The van der Waals surface area contributed by atoms with E-state index in [0.717, 1.165) is 16.5 Å². The molecule has 0 radical (unpaired) electrons. The number of sulfone groups is 1. The van der Waals surface area contributed by atoms with Gasteiger partial charge in [-0.2, -0.15) is 0 Å². The first kappa shape index (κ1) is 18.6. The van der Waals surface area contributed by atoms with Crippen LogP contribution < -0.4 is 10.3 Å². The van der Waals surface area contributed by atoms with E-state index in [1.54, 1.807) is 41.9 Å². The number of nitrogens with zero attached hydrogens (tertiary/aromatic N) is 1. The van der Waals surface area contributed by atoms with Crippen molar-refractivity contribution in [2.45, 2.75) is 11.0 Å². The van der Waals surface area contributed by atoms with Gasteiger partial charge in [0.15, 0.2) is 9.84 Å². The van der Waals surface area contributed by atoms with Gasteiger partial charge in [0.2, 0.25) is 0 Å². The average Bonchev–Trinajstić information content (AvgIpc) is 2.78. The topological polar surface area (TPSA) is 65.4 Å². The molecular weight excluding hydrogens is 398 g/mol. The number of fused-ring (bicyclic) bond motifs is 5. The van der Waals surface area contributed by atoms with Crippen LogP contribution in [0.1, 0.15) is 11.7 Å². The Hall–Kier alpha value is -3.38. The third kappa shape index (κ3) is 2.83. The molecule has 0 aliphatic carbocycles. The molecule has 0 saturated carbocycles. The van der Waals surface area contributed by atoms with Crippen LogP contribution in [0, 0.1) is 0 Å². The molecule has 6 heteroatoms. The number of hydrogen-bond donors (Lipinski definition) is 0. The number of aryl methyl sites for hydroxylation is 1. The van der Waals surface area contributed by atoms with Crippen molar-refractivity contribution in [1.29, 1.82) is 0 Å². The van der Waals surface area contributed by atoms with Crippen LogP contribution in [0.2, 0.25) is 0 Å². The maximum absolute atomic E-state index is 13.2. The number of hydrogen-bond acceptors (Lipinski definition) is 4. The van der Waals surface area contributed by atoms with Crippen molar-refractivity contribution in [2.24, 2.45) is 7.05 Å². The van der Waals surface area contributed by atoms with Crippen LogP contribution in [0.15, 0.2) is 88.6 Å². The van der Waals surface area contributed by atoms with Gasteiger partial charge in [-0.15, -0.1) is 0 Å². The van der Waals surface area contributed by atoms with E-state index in [0.29, 0.717) is 16.9 Å². The Bertz CT molecular complexity index is 1440. The van der Waals surface area contributed by atoms with E-state index >= 15 is 0 Å². The molecule has 3 aromatic carbocycles. The first-order valence-corrected chi connectivity index (χ1v) is 11.3.